The van der Waals surface area contributed by atoms with E-state index in [2.05, 4.69) is 6.58 Å². The lowest BCUT2D eigenvalue weighted by Gasteiger charge is -2.25. The maximum atomic E-state index is 14.7. The van der Waals surface area contributed by atoms with Gasteiger partial charge in [-0.25, -0.2) is 4.79 Å². The predicted molar refractivity (Wildman–Crippen MR) is 353 cm³/mol. The minimum atomic E-state index is -0.767. The summed E-state index contributed by atoms with van der Waals surface area (Å²) in [6.45, 7) is 13.5. The number of carbonyl (C=O) groups is 11. The first-order valence-corrected chi connectivity index (χ1v) is 33.2. The van der Waals surface area contributed by atoms with Crippen LogP contribution in [0.15, 0.2) is 61.2 Å². The van der Waals surface area contributed by atoms with E-state index in [0.717, 1.165) is 57.4 Å². The van der Waals surface area contributed by atoms with Crippen LogP contribution in [0.3, 0.4) is 0 Å². The molecular weight excluding hydrogens is 1200 g/mol. The Bertz CT molecular complexity index is 3190. The van der Waals surface area contributed by atoms with Gasteiger partial charge < -0.3 is 37.9 Å². The zero-order valence-electron chi connectivity index (χ0n) is 56.1. The summed E-state index contributed by atoms with van der Waals surface area (Å²) in [6, 6.07) is 13.8. The molecule has 0 amide bonds. The molecule has 508 valence electrons. The van der Waals surface area contributed by atoms with Gasteiger partial charge >= 0.3 is 23.9 Å². The molecule has 4 aromatic rings. The Labute approximate surface area is 552 Å². The third-order valence-corrected chi connectivity index (χ3v) is 15.5. The van der Waals surface area contributed by atoms with E-state index in [1.807, 2.05) is 27.7 Å². The fourth-order valence-corrected chi connectivity index (χ4v) is 11.0. The Morgan fingerprint density at radius 3 is 0.734 bits per heavy atom. The van der Waals surface area contributed by atoms with E-state index in [-0.39, 0.29) is 150 Å². The van der Waals surface area contributed by atoms with Crippen LogP contribution >= 0.6 is 0 Å². The van der Waals surface area contributed by atoms with Crippen LogP contribution in [0.5, 0.6) is 23.0 Å². The number of hydrogen-bond acceptors (Lipinski definition) is 19. The maximum Gasteiger partial charge on any atom is 0.330 e. The number of hydrogen-bond donors (Lipinski definition) is 0. The smallest absolute Gasteiger partial charge is 0.330 e. The van der Waals surface area contributed by atoms with E-state index in [1.54, 1.807) is 48.5 Å². The van der Waals surface area contributed by atoms with Crippen LogP contribution < -0.4 is 18.9 Å². The standard InChI is InChI=1S/C75H94O19/c1-9-14-18-22-64(79)52-37-56-45-58-39-53(65(80)23-19-15-10-2)41-60(73(58)92-31-27-88-69(84)34-49(6)76)47-62-43-55(67(82)25-21-17-12-4)44-63(75(62)94-33-29-90-71(86)36-51(8)78)48-61-42-54(66(81)24-20-16-11-3)40-59(74(61)93-32-28-89-70(85)35-50(7)77)46-57(38-52)72(56)91-30-26-87-68(83)13-5/h13,37-44H,5,9-12,14-36,45-48H2,1-4,6-8H3. The molecule has 1 aliphatic carbocycles. The Balaban J connectivity index is 2.02. The molecule has 0 fully saturated rings. The highest BCUT2D eigenvalue weighted by Gasteiger charge is 2.28. The van der Waals surface area contributed by atoms with Gasteiger partial charge in [-0.15, -0.1) is 0 Å². The monoisotopic (exact) mass is 1300 g/mol. The minimum absolute atomic E-state index is 0.0836. The van der Waals surface area contributed by atoms with Gasteiger partial charge in [-0.2, -0.15) is 0 Å². The molecule has 0 spiro atoms. The number of unbranched alkanes of at least 4 members (excludes halogenated alkanes) is 8. The lowest BCUT2D eigenvalue weighted by atomic mass is 9.86. The highest BCUT2D eigenvalue weighted by Crippen LogP contribution is 2.42. The Kier molecular flexibility index (Phi) is 32.8. The van der Waals surface area contributed by atoms with E-state index >= 15 is 0 Å². The summed E-state index contributed by atoms with van der Waals surface area (Å²) < 4.78 is 48.9. The van der Waals surface area contributed by atoms with Gasteiger partial charge in [0.2, 0.25) is 0 Å². The van der Waals surface area contributed by atoms with E-state index in [0.29, 0.717) is 92.4 Å². The Morgan fingerprint density at radius 2 is 0.543 bits per heavy atom. The molecule has 0 unspecified atom stereocenters. The van der Waals surface area contributed by atoms with Crippen LogP contribution in [-0.4, -0.2) is 117 Å². The van der Waals surface area contributed by atoms with Gasteiger partial charge in [-0.05, 0) is 139 Å². The average Bonchev–Trinajstić information content (AvgIpc) is 0.774. The van der Waals surface area contributed by atoms with Gasteiger partial charge in [-0.3, -0.25) is 47.9 Å². The normalized spacial score (nSPS) is 11.6. The second-order valence-electron chi connectivity index (χ2n) is 23.8. The summed E-state index contributed by atoms with van der Waals surface area (Å²) in [5.74, 6) is -3.92. The van der Waals surface area contributed by atoms with Crippen molar-refractivity contribution in [3.8, 4) is 23.0 Å². The van der Waals surface area contributed by atoms with Crippen molar-refractivity contribution in [2.24, 2.45) is 0 Å². The molecule has 0 aromatic heterocycles. The van der Waals surface area contributed by atoms with Gasteiger partial charge in [0.05, 0.1) is 0 Å². The number of Topliss-reactive ketones (excluding diaryl/α,β-unsaturated/α-hetero) is 7. The summed E-state index contributed by atoms with van der Waals surface area (Å²) >= 11 is 0. The SMILES string of the molecule is C=CC(=O)OCCOc1c2cc(C(=O)CCCCC)cc1Cc1cc(C(=O)CCCCC)cc(c1OCCOC(=O)CC(C)=O)Cc1cc(C(=O)CCCCC)cc(c1OCCOC(=O)CC(C)=O)Cc1cc(C(=O)CCCCC)cc(c1OCCOC(=O)CC(C)=O)C2. The molecule has 1 aliphatic rings. The van der Waals surface area contributed by atoms with Crippen LogP contribution in [0.25, 0.3) is 0 Å². The van der Waals surface area contributed by atoms with Crippen molar-refractivity contribution in [2.75, 3.05) is 52.9 Å². The van der Waals surface area contributed by atoms with Crippen LogP contribution in [-0.2, 0) is 78.2 Å². The molecule has 0 atom stereocenters. The molecule has 0 N–H and O–H groups in total. The quantitative estimate of drug-likeness (QED) is 0.00877. The first-order chi connectivity index (χ1) is 45.2. The van der Waals surface area contributed by atoms with Gasteiger partial charge in [0.25, 0.3) is 0 Å². The fourth-order valence-electron chi connectivity index (χ4n) is 11.0. The lowest BCUT2D eigenvalue weighted by Crippen LogP contribution is -2.18. The summed E-state index contributed by atoms with van der Waals surface area (Å²) in [5, 5.41) is 0. The van der Waals surface area contributed by atoms with Crippen molar-refractivity contribution in [3.05, 3.63) is 128 Å². The fraction of sp³-hybridized carbons (Fsp3) is 0.507. The number of ether oxygens (including phenoxy) is 8. The zero-order valence-corrected chi connectivity index (χ0v) is 56.1. The van der Waals surface area contributed by atoms with E-state index in [4.69, 9.17) is 37.9 Å². The summed E-state index contributed by atoms with van der Waals surface area (Å²) in [6.07, 6.45) is 8.92. The Hall–Kier alpha value is -8.61. The van der Waals surface area contributed by atoms with E-state index < -0.39 is 60.5 Å². The highest BCUT2D eigenvalue weighted by molar-refractivity contribution is 6.00. The molecule has 0 heterocycles. The molecular formula is C75H94O19. The van der Waals surface area contributed by atoms with E-state index in [1.165, 1.54) is 20.8 Å². The summed E-state index contributed by atoms with van der Waals surface area (Å²) in [4.78, 5) is 146. The molecule has 8 bridgehead atoms. The molecule has 4 aromatic carbocycles. The molecule has 5 rings (SSSR count). The van der Waals surface area contributed by atoms with Crippen molar-refractivity contribution in [1.29, 1.82) is 0 Å². The number of benzene rings is 4. The molecule has 0 radical (unpaired) electrons. The number of fused-ring (bicyclic) bond motifs is 8. The molecule has 0 saturated heterocycles. The van der Waals surface area contributed by atoms with Gasteiger partial charge in [0.1, 0.15) is 112 Å². The molecule has 0 saturated carbocycles. The second kappa shape index (κ2) is 40.5. The molecule has 19 nitrogen and oxygen atoms in total. The minimum Gasteiger partial charge on any atom is -0.489 e. The molecule has 94 heavy (non-hydrogen) atoms. The number of rotatable bonds is 43. The van der Waals surface area contributed by atoms with Crippen molar-refractivity contribution in [2.45, 2.75) is 196 Å². The third-order valence-electron chi connectivity index (χ3n) is 15.5. The molecule has 0 aliphatic heterocycles. The van der Waals surface area contributed by atoms with E-state index in [9.17, 15) is 52.7 Å². The number of esters is 4. The van der Waals surface area contributed by atoms with Gasteiger partial charge in [0, 0.05) is 79.7 Å². The zero-order chi connectivity index (χ0) is 68.5. The van der Waals surface area contributed by atoms with Crippen LogP contribution in [0.4, 0.5) is 0 Å². The van der Waals surface area contributed by atoms with Crippen molar-refractivity contribution in [1.82, 2.24) is 0 Å². The Morgan fingerprint density at radius 1 is 0.330 bits per heavy atom. The van der Waals surface area contributed by atoms with Crippen LogP contribution in [0.2, 0.25) is 0 Å². The van der Waals surface area contributed by atoms with Gasteiger partial charge in [0.15, 0.2) is 23.1 Å². The molecule has 19 heteroatoms. The van der Waals surface area contributed by atoms with Crippen LogP contribution in [0, 0.1) is 0 Å². The largest absolute Gasteiger partial charge is 0.489 e. The summed E-state index contributed by atoms with van der Waals surface area (Å²) in [5.41, 5.74) is 4.71. The van der Waals surface area contributed by atoms with Gasteiger partial charge in [-0.1, -0.05) is 85.6 Å². The topological polar surface area (TPSA) is 262 Å². The average molecular weight is 1300 g/mol. The summed E-state index contributed by atoms with van der Waals surface area (Å²) in [7, 11) is 0. The maximum absolute atomic E-state index is 14.7. The first kappa shape index (κ1) is 76.1. The first-order valence-electron chi connectivity index (χ1n) is 33.2. The van der Waals surface area contributed by atoms with Crippen molar-refractivity contribution >= 4 is 64.4 Å². The van der Waals surface area contributed by atoms with Crippen molar-refractivity contribution < 1.29 is 90.6 Å². The van der Waals surface area contributed by atoms with Crippen LogP contribution in [0.1, 0.15) is 256 Å². The number of ketones is 7. The third kappa shape index (κ3) is 25.4. The highest BCUT2D eigenvalue weighted by atomic mass is 16.6. The number of carbonyl (C=O) groups excluding carboxylic acids is 11. The van der Waals surface area contributed by atoms with Crippen molar-refractivity contribution in [3.63, 3.8) is 0 Å². The second-order valence-corrected chi connectivity index (χ2v) is 23.8. The lowest BCUT2D eigenvalue weighted by molar-refractivity contribution is -0.147. The predicted octanol–water partition coefficient (Wildman–Crippen LogP) is 13.2.